The van der Waals surface area contributed by atoms with Crippen molar-refractivity contribution in [1.82, 2.24) is 9.21 Å². The lowest BCUT2D eigenvalue weighted by atomic mass is 10.1. The van der Waals surface area contributed by atoms with E-state index in [1.165, 1.54) is 20.5 Å². The first kappa shape index (κ1) is 27.6. The number of rotatable bonds is 5. The van der Waals surface area contributed by atoms with Gasteiger partial charge in [0.05, 0.1) is 10.6 Å². The van der Waals surface area contributed by atoms with Crippen LogP contribution < -0.4 is 9.80 Å². The number of hydrogen-bond acceptors (Lipinski definition) is 7. The standard InChI is InChI=1S/C25H32F4N4O3S2/c1-18-17-32(22-3-2-19(26)16-21(22)25(27,28)29)12-13-33(18)38(34,35)24-5-4-23(37-24)31-10-8-30(9-11-31)20-6-14-36-15-7-20/h2-5,16,18,20H,6-15,17H2,1H3/t18-/m1/s1. The molecular formula is C25H32F4N4O3S2. The zero-order valence-corrected chi connectivity index (χ0v) is 22.8. The molecule has 0 spiro atoms. The summed E-state index contributed by atoms with van der Waals surface area (Å²) in [7, 11) is -3.82. The van der Waals surface area contributed by atoms with Crippen LogP contribution in [0.3, 0.4) is 0 Å². The number of halogens is 4. The normalized spacial score (nSPS) is 23.2. The molecular weight excluding hydrogens is 544 g/mol. The molecule has 0 saturated carbocycles. The zero-order chi connectivity index (χ0) is 27.1. The fourth-order valence-electron chi connectivity index (χ4n) is 5.62. The highest BCUT2D eigenvalue weighted by molar-refractivity contribution is 7.91. The monoisotopic (exact) mass is 576 g/mol. The number of anilines is 2. The average Bonchev–Trinajstić information content (AvgIpc) is 3.40. The zero-order valence-electron chi connectivity index (χ0n) is 21.2. The van der Waals surface area contributed by atoms with Gasteiger partial charge in [-0.05, 0) is 50.1 Å². The van der Waals surface area contributed by atoms with Crippen LogP contribution in [0.25, 0.3) is 0 Å². The molecule has 0 aliphatic carbocycles. The van der Waals surface area contributed by atoms with E-state index in [1.54, 1.807) is 13.0 Å². The Bertz CT molecular complexity index is 1230. The Hall–Kier alpha value is -1.93. The van der Waals surface area contributed by atoms with Crippen molar-refractivity contribution < 1.29 is 30.7 Å². The first-order valence-corrected chi connectivity index (χ1v) is 15.1. The number of nitrogens with zero attached hydrogens (tertiary/aromatic N) is 4. The summed E-state index contributed by atoms with van der Waals surface area (Å²) in [5.74, 6) is -0.964. The van der Waals surface area contributed by atoms with Crippen LogP contribution in [0.5, 0.6) is 0 Å². The van der Waals surface area contributed by atoms with E-state index in [0.717, 1.165) is 69.4 Å². The maximum Gasteiger partial charge on any atom is 0.418 e. The van der Waals surface area contributed by atoms with E-state index in [0.29, 0.717) is 12.1 Å². The second-order valence-electron chi connectivity index (χ2n) is 10.0. The molecule has 5 rings (SSSR count). The largest absolute Gasteiger partial charge is 0.418 e. The molecule has 7 nitrogen and oxygen atoms in total. The molecule has 1 aromatic carbocycles. The van der Waals surface area contributed by atoms with Crippen molar-refractivity contribution >= 4 is 32.0 Å². The van der Waals surface area contributed by atoms with Crippen molar-refractivity contribution in [3.63, 3.8) is 0 Å². The van der Waals surface area contributed by atoms with Crippen LogP contribution >= 0.6 is 11.3 Å². The van der Waals surface area contributed by atoms with Gasteiger partial charge in [0.2, 0.25) is 0 Å². The van der Waals surface area contributed by atoms with Crippen molar-refractivity contribution in [3.05, 3.63) is 41.7 Å². The minimum atomic E-state index is -4.71. The summed E-state index contributed by atoms with van der Waals surface area (Å²) in [5, 5.41) is 0.905. The van der Waals surface area contributed by atoms with Crippen molar-refractivity contribution in [2.24, 2.45) is 0 Å². The van der Waals surface area contributed by atoms with E-state index in [2.05, 4.69) is 9.80 Å². The maximum atomic E-state index is 13.6. The van der Waals surface area contributed by atoms with E-state index in [-0.39, 0.29) is 29.5 Å². The Morgan fingerprint density at radius 2 is 1.63 bits per heavy atom. The summed E-state index contributed by atoms with van der Waals surface area (Å²) in [6, 6.07) is 6.05. The predicted molar refractivity (Wildman–Crippen MR) is 139 cm³/mol. The van der Waals surface area contributed by atoms with Crippen molar-refractivity contribution in [3.8, 4) is 0 Å². The molecule has 3 saturated heterocycles. The summed E-state index contributed by atoms with van der Waals surface area (Å²) in [5.41, 5.74) is -1.19. The molecule has 3 aliphatic rings. The van der Waals surface area contributed by atoms with Crippen LogP contribution in [0.15, 0.2) is 34.5 Å². The Balaban J connectivity index is 1.24. The van der Waals surface area contributed by atoms with Crippen LogP contribution in [0.2, 0.25) is 0 Å². The highest BCUT2D eigenvalue weighted by Gasteiger charge is 2.39. The first-order valence-electron chi connectivity index (χ1n) is 12.8. The van der Waals surface area contributed by atoms with Gasteiger partial charge in [0.15, 0.2) is 0 Å². The lowest BCUT2D eigenvalue weighted by molar-refractivity contribution is -0.137. The number of piperazine rings is 2. The van der Waals surface area contributed by atoms with Crippen molar-refractivity contribution in [1.29, 1.82) is 0 Å². The van der Waals surface area contributed by atoms with E-state index < -0.39 is 33.6 Å². The third-order valence-electron chi connectivity index (χ3n) is 7.63. The number of hydrogen-bond donors (Lipinski definition) is 0. The van der Waals surface area contributed by atoms with Crippen LogP contribution in [-0.4, -0.2) is 88.7 Å². The quantitative estimate of drug-likeness (QED) is 0.500. The number of alkyl halides is 3. The summed E-state index contributed by atoms with van der Waals surface area (Å²) >= 11 is 1.24. The van der Waals surface area contributed by atoms with Gasteiger partial charge in [-0.2, -0.15) is 17.5 Å². The molecule has 3 fully saturated rings. The third-order valence-corrected chi connectivity index (χ3v) is 11.3. The van der Waals surface area contributed by atoms with Gasteiger partial charge >= 0.3 is 6.18 Å². The molecule has 0 bridgehead atoms. The molecule has 210 valence electrons. The van der Waals surface area contributed by atoms with E-state index in [9.17, 15) is 26.0 Å². The van der Waals surface area contributed by atoms with Crippen LogP contribution in [0.1, 0.15) is 25.3 Å². The Morgan fingerprint density at radius 1 is 0.947 bits per heavy atom. The highest BCUT2D eigenvalue weighted by Crippen LogP contribution is 2.39. The number of benzene rings is 1. The Kier molecular flexibility index (Phi) is 7.94. The van der Waals surface area contributed by atoms with Gasteiger partial charge in [-0.25, -0.2) is 12.8 Å². The van der Waals surface area contributed by atoms with Crippen LogP contribution in [0, 0.1) is 5.82 Å². The van der Waals surface area contributed by atoms with Gasteiger partial charge in [0.25, 0.3) is 10.0 Å². The lowest BCUT2D eigenvalue weighted by Crippen LogP contribution is -2.54. The van der Waals surface area contributed by atoms with E-state index in [1.807, 2.05) is 6.07 Å². The fourth-order valence-corrected chi connectivity index (χ4v) is 8.71. The van der Waals surface area contributed by atoms with Crippen LogP contribution in [0.4, 0.5) is 28.3 Å². The number of thiophene rings is 1. The average molecular weight is 577 g/mol. The molecule has 1 atom stereocenters. The summed E-state index contributed by atoms with van der Waals surface area (Å²) in [4.78, 5) is 6.20. The second kappa shape index (κ2) is 10.9. The highest BCUT2D eigenvalue weighted by atomic mass is 32.2. The van der Waals surface area contributed by atoms with Gasteiger partial charge in [0.1, 0.15) is 10.0 Å². The molecule has 2 aromatic rings. The molecule has 38 heavy (non-hydrogen) atoms. The van der Waals surface area contributed by atoms with E-state index >= 15 is 0 Å². The maximum absolute atomic E-state index is 13.6. The Labute approximate surface area is 224 Å². The fraction of sp³-hybridized carbons (Fsp3) is 0.600. The van der Waals surface area contributed by atoms with Gasteiger partial charge in [-0.1, -0.05) is 0 Å². The lowest BCUT2D eigenvalue weighted by Gasteiger charge is -2.41. The third kappa shape index (κ3) is 5.67. The van der Waals surface area contributed by atoms with Crippen molar-refractivity contribution in [2.45, 2.75) is 42.2 Å². The Morgan fingerprint density at radius 3 is 2.29 bits per heavy atom. The minimum absolute atomic E-state index is 0.0369. The van der Waals surface area contributed by atoms with Crippen molar-refractivity contribution in [2.75, 3.05) is 68.8 Å². The smallest absolute Gasteiger partial charge is 0.381 e. The molecule has 3 aliphatic heterocycles. The minimum Gasteiger partial charge on any atom is -0.381 e. The topological polar surface area (TPSA) is 56.3 Å². The predicted octanol–water partition coefficient (Wildman–Crippen LogP) is 4.11. The first-order chi connectivity index (χ1) is 18.0. The summed E-state index contributed by atoms with van der Waals surface area (Å²) in [6.45, 7) is 6.97. The molecule has 0 amide bonds. The molecule has 0 radical (unpaired) electrons. The van der Waals surface area contributed by atoms with Gasteiger partial charge < -0.3 is 14.5 Å². The number of ether oxygens (including phenoxy) is 1. The van der Waals surface area contributed by atoms with Gasteiger partial charge in [0, 0.05) is 76.8 Å². The molecule has 4 heterocycles. The summed E-state index contributed by atoms with van der Waals surface area (Å²) in [6.07, 6.45) is -2.62. The molecule has 1 aromatic heterocycles. The SMILES string of the molecule is C[C@@H]1CN(c2ccc(F)cc2C(F)(F)F)CCN1S(=O)(=O)c1ccc(N2CCN(C3CCOCC3)CC2)s1. The number of sulfonamides is 1. The van der Waals surface area contributed by atoms with Crippen LogP contribution in [-0.2, 0) is 20.9 Å². The summed E-state index contributed by atoms with van der Waals surface area (Å²) < 4.78 is 88.2. The second-order valence-corrected chi connectivity index (χ2v) is 13.2. The molecule has 0 N–H and O–H groups in total. The molecule has 0 unspecified atom stereocenters. The molecule has 13 heteroatoms. The van der Waals surface area contributed by atoms with Gasteiger partial charge in [-0.15, -0.1) is 11.3 Å². The van der Waals surface area contributed by atoms with E-state index in [4.69, 9.17) is 4.74 Å². The van der Waals surface area contributed by atoms with Gasteiger partial charge in [-0.3, -0.25) is 4.90 Å².